The van der Waals surface area contributed by atoms with Gasteiger partial charge in [0.1, 0.15) is 5.69 Å². The van der Waals surface area contributed by atoms with Gasteiger partial charge in [-0.2, -0.15) is 0 Å². The molecule has 0 spiro atoms. The van der Waals surface area contributed by atoms with Crippen molar-refractivity contribution in [3.05, 3.63) is 28.5 Å². The van der Waals surface area contributed by atoms with E-state index in [1.807, 2.05) is 0 Å². The fourth-order valence-electron chi connectivity index (χ4n) is 0.799. The van der Waals surface area contributed by atoms with Crippen molar-refractivity contribution < 1.29 is 0 Å². The van der Waals surface area contributed by atoms with Gasteiger partial charge < -0.3 is 0 Å². The van der Waals surface area contributed by atoms with E-state index in [9.17, 15) is 0 Å². The third kappa shape index (κ3) is 3.85. The van der Waals surface area contributed by atoms with E-state index < -0.39 is 7.59 Å². The van der Waals surface area contributed by atoms with Gasteiger partial charge in [-0.15, -0.1) is 0 Å². The number of rotatable bonds is 0. The molecular formula is C7H2Cl7N. The average Bonchev–Trinajstić information content (AvgIpc) is 2.00. The lowest BCUT2D eigenvalue weighted by Gasteiger charge is -2.16. The molecular weight excluding hydrogens is 346 g/mol. The van der Waals surface area contributed by atoms with Gasteiger partial charge in [-0.3, -0.25) is 0 Å². The number of aromatic nitrogens is 1. The van der Waals surface area contributed by atoms with Gasteiger partial charge in [0.15, 0.2) is 0 Å². The Balaban J connectivity index is 3.30. The molecule has 84 valence electrons. The zero-order chi connectivity index (χ0) is 11.9. The zero-order valence-electron chi connectivity index (χ0n) is 6.75. The monoisotopic (exact) mass is 345 g/mol. The maximum absolute atomic E-state index is 5.79. The molecule has 1 nitrogen and oxygen atoms in total. The molecule has 8 heteroatoms. The number of nitrogens with zero attached hydrogens (tertiary/aromatic N) is 1. The van der Waals surface area contributed by atoms with Crippen LogP contribution in [0.5, 0.6) is 0 Å². The third-order valence-corrected chi connectivity index (χ3v) is 2.83. The van der Waals surface area contributed by atoms with Crippen LogP contribution in [-0.4, -0.2) is 4.98 Å². The highest BCUT2D eigenvalue weighted by molar-refractivity contribution is 6.67. The Bertz CT molecular complexity index is 365. The number of hydrogen-bond donors (Lipinski definition) is 0. The predicted molar refractivity (Wildman–Crippen MR) is 67.7 cm³/mol. The minimum absolute atomic E-state index is 0.0259. The Morgan fingerprint density at radius 3 is 1.80 bits per heavy atom. The molecule has 0 N–H and O–H groups in total. The van der Waals surface area contributed by atoms with Crippen LogP contribution in [0.1, 0.15) is 11.4 Å². The van der Waals surface area contributed by atoms with E-state index in [0.717, 1.165) is 0 Å². The Labute approximate surface area is 122 Å². The van der Waals surface area contributed by atoms with E-state index in [4.69, 9.17) is 81.2 Å². The summed E-state index contributed by atoms with van der Waals surface area (Å²) in [6.07, 6.45) is 0. The highest BCUT2D eigenvalue weighted by Crippen LogP contribution is 2.43. The molecule has 0 fully saturated rings. The van der Waals surface area contributed by atoms with E-state index in [2.05, 4.69) is 4.98 Å². The van der Waals surface area contributed by atoms with E-state index >= 15 is 0 Å². The zero-order valence-corrected chi connectivity index (χ0v) is 12.0. The van der Waals surface area contributed by atoms with E-state index in [1.54, 1.807) is 0 Å². The first-order chi connectivity index (χ1) is 6.62. The molecule has 1 aromatic heterocycles. The molecule has 0 aliphatic rings. The van der Waals surface area contributed by atoms with Gasteiger partial charge in [-0.25, -0.2) is 4.98 Å². The minimum Gasteiger partial charge on any atom is -0.247 e. The smallest absolute Gasteiger partial charge is 0.234 e. The SMILES string of the molecule is Clc1ccc(C(Cl)(Cl)Cl)nc1C(Cl)(Cl)Cl. The Hall–Kier alpha value is 1.18. The molecule has 0 aliphatic carbocycles. The van der Waals surface area contributed by atoms with Crippen LogP contribution in [0.25, 0.3) is 0 Å². The van der Waals surface area contributed by atoms with Gasteiger partial charge >= 0.3 is 0 Å². The molecule has 0 radical (unpaired) electrons. The van der Waals surface area contributed by atoms with Crippen LogP contribution < -0.4 is 0 Å². The fraction of sp³-hybridized carbons (Fsp3) is 0.286. The molecule has 1 heterocycles. The first-order valence-electron chi connectivity index (χ1n) is 3.43. The van der Waals surface area contributed by atoms with E-state index in [1.165, 1.54) is 12.1 Å². The van der Waals surface area contributed by atoms with Gasteiger partial charge in [-0.1, -0.05) is 81.2 Å². The normalized spacial score (nSPS) is 13.0. The van der Waals surface area contributed by atoms with Crippen molar-refractivity contribution in [1.82, 2.24) is 4.98 Å². The number of halogens is 7. The summed E-state index contributed by atoms with van der Waals surface area (Å²) in [6.45, 7) is 0. The van der Waals surface area contributed by atoms with Gasteiger partial charge in [0.2, 0.25) is 7.59 Å². The predicted octanol–water partition coefficient (Wildman–Crippen LogP) is 5.39. The van der Waals surface area contributed by atoms with Crippen molar-refractivity contribution in [2.45, 2.75) is 7.59 Å². The summed E-state index contributed by atoms with van der Waals surface area (Å²) in [5.74, 6) is 0. The van der Waals surface area contributed by atoms with Crippen LogP contribution in [0, 0.1) is 0 Å². The van der Waals surface area contributed by atoms with Gasteiger partial charge in [-0.05, 0) is 12.1 Å². The highest BCUT2D eigenvalue weighted by atomic mass is 35.6. The maximum Gasteiger partial charge on any atom is 0.234 e. The van der Waals surface area contributed by atoms with Crippen LogP contribution in [0.3, 0.4) is 0 Å². The second kappa shape index (κ2) is 4.81. The molecule has 0 saturated carbocycles. The molecule has 0 atom stereocenters. The lowest BCUT2D eigenvalue weighted by Crippen LogP contribution is -2.11. The molecule has 0 saturated heterocycles. The molecule has 0 aromatic carbocycles. The Morgan fingerprint density at radius 1 is 0.867 bits per heavy atom. The molecule has 0 amide bonds. The van der Waals surface area contributed by atoms with Crippen molar-refractivity contribution in [3.8, 4) is 0 Å². The summed E-state index contributed by atoms with van der Waals surface area (Å²) < 4.78 is -3.45. The maximum atomic E-state index is 5.79. The fourth-order valence-corrected chi connectivity index (χ4v) is 1.94. The van der Waals surface area contributed by atoms with E-state index in [0.29, 0.717) is 0 Å². The van der Waals surface area contributed by atoms with Crippen molar-refractivity contribution in [2.75, 3.05) is 0 Å². The van der Waals surface area contributed by atoms with Crippen LogP contribution in [0.15, 0.2) is 12.1 Å². The van der Waals surface area contributed by atoms with E-state index in [-0.39, 0.29) is 16.4 Å². The molecule has 0 aliphatic heterocycles. The second-order valence-electron chi connectivity index (χ2n) is 2.52. The average molecular weight is 348 g/mol. The molecule has 0 unspecified atom stereocenters. The first kappa shape index (κ1) is 14.2. The Kier molecular flexibility index (Phi) is 4.57. The van der Waals surface area contributed by atoms with Crippen LogP contribution in [0.4, 0.5) is 0 Å². The lowest BCUT2D eigenvalue weighted by molar-refractivity contribution is 0.996. The summed E-state index contributed by atoms with van der Waals surface area (Å²) in [5.41, 5.74) is 0.163. The van der Waals surface area contributed by atoms with Crippen molar-refractivity contribution in [1.29, 1.82) is 0 Å². The minimum atomic E-state index is -1.76. The third-order valence-electron chi connectivity index (χ3n) is 1.40. The summed E-state index contributed by atoms with van der Waals surface area (Å²) in [6, 6.07) is 2.89. The van der Waals surface area contributed by atoms with Crippen molar-refractivity contribution >= 4 is 81.2 Å². The summed E-state index contributed by atoms with van der Waals surface area (Å²) in [7, 11) is 0. The number of hydrogen-bond acceptors (Lipinski definition) is 1. The van der Waals surface area contributed by atoms with Crippen LogP contribution in [0.2, 0.25) is 5.02 Å². The van der Waals surface area contributed by atoms with Crippen molar-refractivity contribution in [3.63, 3.8) is 0 Å². The Morgan fingerprint density at radius 2 is 1.40 bits per heavy atom. The first-order valence-corrected chi connectivity index (χ1v) is 6.08. The summed E-state index contributed by atoms with van der Waals surface area (Å²) >= 11 is 39.6. The standard InChI is InChI=1S/C7H2Cl7N/c8-3-1-2-4(6(9,10)11)15-5(3)7(12,13)14/h1-2H. The van der Waals surface area contributed by atoms with Gasteiger partial charge in [0.25, 0.3) is 0 Å². The summed E-state index contributed by atoms with van der Waals surface area (Å²) in [5, 5.41) is 0.188. The molecule has 0 bridgehead atoms. The van der Waals surface area contributed by atoms with Crippen molar-refractivity contribution in [2.24, 2.45) is 0 Å². The number of alkyl halides is 6. The lowest BCUT2D eigenvalue weighted by atomic mass is 10.3. The van der Waals surface area contributed by atoms with Gasteiger partial charge in [0, 0.05) is 0 Å². The van der Waals surface area contributed by atoms with Crippen LogP contribution in [-0.2, 0) is 7.59 Å². The molecule has 1 aromatic rings. The highest BCUT2D eigenvalue weighted by Gasteiger charge is 2.32. The topological polar surface area (TPSA) is 12.9 Å². The molecule has 1 rings (SSSR count). The second-order valence-corrected chi connectivity index (χ2v) is 7.49. The summed E-state index contributed by atoms with van der Waals surface area (Å²) in [4.78, 5) is 3.89. The van der Waals surface area contributed by atoms with Gasteiger partial charge in [0.05, 0.1) is 10.7 Å². The molecule has 15 heavy (non-hydrogen) atoms. The number of pyridine rings is 1. The largest absolute Gasteiger partial charge is 0.247 e. The quantitative estimate of drug-likeness (QED) is 0.573. The van der Waals surface area contributed by atoms with Crippen LogP contribution >= 0.6 is 81.2 Å².